The molecule has 0 fully saturated rings. The molecule has 72 valence electrons. The largest absolute Gasteiger partial charge is 0.310 e. The monoisotopic (exact) mass is 181 g/mol. The summed E-state index contributed by atoms with van der Waals surface area (Å²) in [6.07, 6.45) is 0. The molecular formula is C11H16FN. The lowest BCUT2D eigenvalue weighted by Crippen LogP contribution is -2.18. The van der Waals surface area contributed by atoms with Crippen LogP contribution in [0.5, 0.6) is 0 Å². The number of hydrogen-bond acceptors (Lipinski definition) is 1. The van der Waals surface area contributed by atoms with Gasteiger partial charge < -0.3 is 5.32 Å². The number of benzene rings is 1. The molecule has 0 aromatic heterocycles. The van der Waals surface area contributed by atoms with Crippen LogP contribution in [0.4, 0.5) is 4.39 Å². The Morgan fingerprint density at radius 3 is 2.77 bits per heavy atom. The first-order chi connectivity index (χ1) is 6.15. The van der Waals surface area contributed by atoms with Crippen molar-refractivity contribution in [2.75, 3.05) is 6.54 Å². The second-order valence-corrected chi connectivity index (χ2v) is 3.30. The zero-order valence-corrected chi connectivity index (χ0v) is 8.39. The maximum absolute atomic E-state index is 13.3. The zero-order chi connectivity index (χ0) is 9.84. The predicted octanol–water partition coefficient (Wildman–Crippen LogP) is 2.80. The van der Waals surface area contributed by atoms with Gasteiger partial charge in [-0.2, -0.15) is 0 Å². The van der Waals surface area contributed by atoms with Crippen molar-refractivity contribution >= 4 is 0 Å². The van der Waals surface area contributed by atoms with Gasteiger partial charge in [0.2, 0.25) is 0 Å². The van der Waals surface area contributed by atoms with Gasteiger partial charge in [0.25, 0.3) is 0 Å². The summed E-state index contributed by atoms with van der Waals surface area (Å²) in [6, 6.07) is 5.29. The Balaban J connectivity index is 2.91. The molecule has 0 saturated heterocycles. The van der Waals surface area contributed by atoms with E-state index in [2.05, 4.69) is 5.32 Å². The van der Waals surface area contributed by atoms with Crippen molar-refractivity contribution in [2.45, 2.75) is 26.8 Å². The third-order valence-corrected chi connectivity index (χ3v) is 2.13. The molecular weight excluding hydrogens is 165 g/mol. The van der Waals surface area contributed by atoms with E-state index < -0.39 is 0 Å². The second kappa shape index (κ2) is 4.38. The van der Waals surface area contributed by atoms with Gasteiger partial charge >= 0.3 is 0 Å². The Labute approximate surface area is 79.0 Å². The third kappa shape index (κ3) is 2.52. The highest BCUT2D eigenvalue weighted by atomic mass is 19.1. The fraction of sp³-hybridized carbons (Fsp3) is 0.455. The van der Waals surface area contributed by atoms with Crippen LogP contribution in [0.2, 0.25) is 0 Å². The second-order valence-electron chi connectivity index (χ2n) is 3.30. The maximum Gasteiger partial charge on any atom is 0.127 e. The number of rotatable bonds is 3. The van der Waals surface area contributed by atoms with Gasteiger partial charge in [-0.05, 0) is 26.5 Å². The first kappa shape index (κ1) is 10.2. The molecule has 0 spiro atoms. The minimum absolute atomic E-state index is 0.0879. The van der Waals surface area contributed by atoms with Crippen LogP contribution in [0, 0.1) is 12.7 Å². The molecule has 0 heterocycles. The van der Waals surface area contributed by atoms with Crippen LogP contribution < -0.4 is 5.32 Å². The van der Waals surface area contributed by atoms with Crippen LogP contribution in [0.1, 0.15) is 31.0 Å². The summed E-state index contributed by atoms with van der Waals surface area (Å²) in [7, 11) is 0. The average molecular weight is 181 g/mol. The molecule has 0 saturated carbocycles. The van der Waals surface area contributed by atoms with Crippen molar-refractivity contribution in [3.8, 4) is 0 Å². The molecule has 1 aromatic carbocycles. The smallest absolute Gasteiger partial charge is 0.127 e. The van der Waals surface area contributed by atoms with E-state index in [1.54, 1.807) is 6.07 Å². The molecule has 1 nitrogen and oxygen atoms in total. The molecule has 0 aliphatic heterocycles. The van der Waals surface area contributed by atoms with Gasteiger partial charge in [0, 0.05) is 11.6 Å². The van der Waals surface area contributed by atoms with Crippen LogP contribution in [-0.4, -0.2) is 6.54 Å². The fourth-order valence-corrected chi connectivity index (χ4v) is 1.41. The minimum Gasteiger partial charge on any atom is -0.310 e. The summed E-state index contributed by atoms with van der Waals surface area (Å²) in [5.41, 5.74) is 1.85. The quantitative estimate of drug-likeness (QED) is 0.756. The van der Waals surface area contributed by atoms with Gasteiger partial charge in [-0.15, -0.1) is 0 Å². The summed E-state index contributed by atoms with van der Waals surface area (Å²) >= 11 is 0. The fourth-order valence-electron chi connectivity index (χ4n) is 1.41. The topological polar surface area (TPSA) is 12.0 Å². The van der Waals surface area contributed by atoms with Crippen molar-refractivity contribution in [1.29, 1.82) is 0 Å². The Morgan fingerprint density at radius 2 is 2.15 bits per heavy atom. The van der Waals surface area contributed by atoms with E-state index in [0.717, 1.165) is 17.7 Å². The van der Waals surface area contributed by atoms with Crippen molar-refractivity contribution in [1.82, 2.24) is 5.32 Å². The van der Waals surface area contributed by atoms with Crippen LogP contribution >= 0.6 is 0 Å². The Bertz CT molecular complexity index is 283. The van der Waals surface area contributed by atoms with Gasteiger partial charge in [0.15, 0.2) is 0 Å². The van der Waals surface area contributed by atoms with E-state index in [4.69, 9.17) is 0 Å². The zero-order valence-electron chi connectivity index (χ0n) is 8.39. The number of nitrogens with one attached hydrogen (secondary N) is 1. The molecule has 0 amide bonds. The molecule has 1 atom stereocenters. The van der Waals surface area contributed by atoms with Crippen LogP contribution in [0.15, 0.2) is 18.2 Å². The number of hydrogen-bond donors (Lipinski definition) is 1. The summed E-state index contributed by atoms with van der Waals surface area (Å²) in [6.45, 7) is 6.82. The highest BCUT2D eigenvalue weighted by Crippen LogP contribution is 2.17. The summed E-state index contributed by atoms with van der Waals surface area (Å²) in [5, 5.41) is 3.19. The van der Waals surface area contributed by atoms with Crippen molar-refractivity contribution in [3.63, 3.8) is 0 Å². The van der Waals surface area contributed by atoms with Crippen LogP contribution in [-0.2, 0) is 0 Å². The molecule has 2 heteroatoms. The molecule has 1 aromatic rings. The lowest BCUT2D eigenvalue weighted by Gasteiger charge is -2.13. The molecule has 1 N–H and O–H groups in total. The van der Waals surface area contributed by atoms with Gasteiger partial charge in [0.05, 0.1) is 0 Å². The maximum atomic E-state index is 13.3. The normalized spacial score (nSPS) is 12.9. The Hall–Kier alpha value is -0.890. The standard InChI is InChI=1S/C11H16FN/c1-4-13-9(3)10-7-8(2)5-6-11(10)12/h5-7,9,13H,4H2,1-3H3. The van der Waals surface area contributed by atoms with Crippen molar-refractivity contribution in [2.24, 2.45) is 0 Å². The first-order valence-electron chi connectivity index (χ1n) is 4.64. The van der Waals surface area contributed by atoms with Crippen LogP contribution in [0.25, 0.3) is 0 Å². The van der Waals surface area contributed by atoms with Crippen molar-refractivity contribution < 1.29 is 4.39 Å². The molecule has 0 aliphatic rings. The lowest BCUT2D eigenvalue weighted by molar-refractivity contribution is 0.540. The number of aryl methyl sites for hydroxylation is 1. The van der Waals surface area contributed by atoms with E-state index in [1.165, 1.54) is 6.07 Å². The summed E-state index contributed by atoms with van der Waals surface area (Å²) in [4.78, 5) is 0. The lowest BCUT2D eigenvalue weighted by atomic mass is 10.1. The highest BCUT2D eigenvalue weighted by molar-refractivity contribution is 5.26. The third-order valence-electron chi connectivity index (χ3n) is 2.13. The van der Waals surface area contributed by atoms with Crippen LogP contribution in [0.3, 0.4) is 0 Å². The molecule has 1 rings (SSSR count). The van der Waals surface area contributed by atoms with Gasteiger partial charge in [-0.3, -0.25) is 0 Å². The highest BCUT2D eigenvalue weighted by Gasteiger charge is 2.08. The molecule has 1 unspecified atom stereocenters. The van der Waals surface area contributed by atoms with Gasteiger partial charge in [-0.1, -0.05) is 24.6 Å². The van der Waals surface area contributed by atoms with Crippen molar-refractivity contribution in [3.05, 3.63) is 35.1 Å². The van der Waals surface area contributed by atoms with E-state index in [1.807, 2.05) is 26.8 Å². The molecule has 0 bridgehead atoms. The van der Waals surface area contributed by atoms with Gasteiger partial charge in [0.1, 0.15) is 5.82 Å². The summed E-state index contributed by atoms with van der Waals surface area (Å²) in [5.74, 6) is -0.126. The van der Waals surface area contributed by atoms with Gasteiger partial charge in [-0.25, -0.2) is 4.39 Å². The average Bonchev–Trinajstić information content (AvgIpc) is 2.09. The minimum atomic E-state index is -0.126. The Kier molecular flexibility index (Phi) is 3.43. The predicted molar refractivity (Wildman–Crippen MR) is 53.2 cm³/mol. The SMILES string of the molecule is CCNC(C)c1cc(C)ccc1F. The molecule has 13 heavy (non-hydrogen) atoms. The number of halogens is 1. The van der Waals surface area contributed by atoms with E-state index in [9.17, 15) is 4.39 Å². The summed E-state index contributed by atoms with van der Waals surface area (Å²) < 4.78 is 13.3. The Morgan fingerprint density at radius 1 is 1.46 bits per heavy atom. The molecule has 0 aliphatic carbocycles. The first-order valence-corrected chi connectivity index (χ1v) is 4.64. The van der Waals surface area contributed by atoms with E-state index in [-0.39, 0.29) is 11.9 Å². The van der Waals surface area contributed by atoms with E-state index in [0.29, 0.717) is 0 Å². The van der Waals surface area contributed by atoms with E-state index >= 15 is 0 Å². The molecule has 0 radical (unpaired) electrons.